The fraction of sp³-hybridized carbons (Fsp3) is 0.167. The van der Waals surface area contributed by atoms with Crippen molar-refractivity contribution in [2.24, 2.45) is 0 Å². The molecule has 0 saturated heterocycles. The number of aliphatic hydroxyl groups is 1. The van der Waals surface area contributed by atoms with Crippen molar-refractivity contribution >= 4 is 5.97 Å². The Bertz CT molecular complexity index is 759. The topological polar surface area (TPSA) is 64.3 Å². The Morgan fingerprint density at radius 3 is 2.13 bits per heavy atom. The molecule has 30 heavy (non-hydrogen) atoms. The van der Waals surface area contributed by atoms with Gasteiger partial charge in [-0.25, -0.2) is 4.79 Å². The van der Waals surface area contributed by atoms with Gasteiger partial charge in [0, 0.05) is 11.5 Å². The van der Waals surface area contributed by atoms with E-state index in [1.54, 1.807) is 11.6 Å². The average Bonchev–Trinajstić information content (AvgIpc) is 3.50. The minimum absolute atomic E-state index is 0. The molecule has 1 heterocycles. The molecule has 2 aliphatic carbocycles. The first-order chi connectivity index (χ1) is 14.3. The summed E-state index contributed by atoms with van der Waals surface area (Å²) >= 11 is 0. The molecule has 2 aliphatic rings. The number of hydrogen-bond acceptors (Lipinski definition) is 4. The molecular formula is C24H24FeN2O3+2. The van der Waals surface area contributed by atoms with Crippen molar-refractivity contribution in [1.29, 1.82) is 0 Å². The summed E-state index contributed by atoms with van der Waals surface area (Å²) in [7, 11) is 0. The zero-order valence-corrected chi connectivity index (χ0v) is 17.8. The molecule has 154 valence electrons. The van der Waals surface area contributed by atoms with Crippen LogP contribution < -0.4 is 0 Å². The monoisotopic (exact) mass is 444 g/mol. The first kappa shape index (κ1) is 24.6. The van der Waals surface area contributed by atoms with Crippen molar-refractivity contribution < 1.29 is 31.7 Å². The van der Waals surface area contributed by atoms with Gasteiger partial charge in [-0.2, -0.15) is 5.10 Å². The van der Waals surface area contributed by atoms with Crippen LogP contribution in [-0.4, -0.2) is 34.1 Å². The van der Waals surface area contributed by atoms with Gasteiger partial charge in [0.1, 0.15) is 5.56 Å². The van der Waals surface area contributed by atoms with Crippen LogP contribution in [0.4, 0.5) is 0 Å². The molecule has 2 fully saturated rings. The Labute approximate surface area is 190 Å². The molecule has 1 N–H and O–H groups in total. The van der Waals surface area contributed by atoms with E-state index in [-0.39, 0.29) is 23.7 Å². The van der Waals surface area contributed by atoms with Gasteiger partial charge in [-0.3, -0.25) is 4.68 Å². The molecule has 0 unspecified atom stereocenters. The standard InChI is InChI=1S/C19H19N2O3.C5H5.Fe/c1-2-24-19(23)16-17(14-8-6-7-9-14)20-21(12-13-22)18(16)15-10-4-3-5-11-15;1-2-4-5-3-1;/h3-11,22H,2,12-13H2,1H3;1-5H;/q;;+2. The van der Waals surface area contributed by atoms with Crippen molar-refractivity contribution in [3.05, 3.63) is 105 Å². The number of hydrogen-bond donors (Lipinski definition) is 1. The number of carbonyl (C=O) groups is 1. The maximum absolute atomic E-state index is 12.6. The number of carbonyl (C=O) groups excluding carboxylic acids is 1. The number of aliphatic hydroxyl groups excluding tert-OH is 1. The molecule has 2 saturated carbocycles. The summed E-state index contributed by atoms with van der Waals surface area (Å²) in [4.78, 5) is 12.6. The van der Waals surface area contributed by atoms with Crippen LogP contribution in [0.1, 0.15) is 23.0 Å². The molecule has 6 heteroatoms. The summed E-state index contributed by atoms with van der Waals surface area (Å²) < 4.78 is 6.94. The predicted octanol–water partition coefficient (Wildman–Crippen LogP) is 3.49. The molecule has 0 atom stereocenters. The summed E-state index contributed by atoms with van der Waals surface area (Å²) in [5, 5.41) is 14.0. The average molecular weight is 444 g/mol. The van der Waals surface area contributed by atoms with E-state index in [9.17, 15) is 9.90 Å². The Morgan fingerprint density at radius 2 is 1.60 bits per heavy atom. The first-order valence-corrected chi connectivity index (χ1v) is 9.59. The second-order valence-electron chi connectivity index (χ2n) is 6.24. The maximum atomic E-state index is 12.6. The fourth-order valence-corrected chi connectivity index (χ4v) is 3.06. The van der Waals surface area contributed by atoms with E-state index >= 15 is 0 Å². The van der Waals surface area contributed by atoms with Crippen molar-refractivity contribution in [2.75, 3.05) is 13.2 Å². The van der Waals surface area contributed by atoms with Gasteiger partial charge in [0.05, 0.1) is 31.1 Å². The molecule has 0 amide bonds. The van der Waals surface area contributed by atoms with Crippen LogP contribution in [0.15, 0.2) is 30.3 Å². The molecule has 0 spiro atoms. The number of rotatable bonds is 6. The summed E-state index contributed by atoms with van der Waals surface area (Å²) in [6.45, 7) is 2.31. The van der Waals surface area contributed by atoms with E-state index in [0.717, 1.165) is 11.5 Å². The van der Waals surface area contributed by atoms with Crippen molar-refractivity contribution in [3.8, 4) is 11.3 Å². The molecule has 10 radical (unpaired) electrons. The van der Waals surface area contributed by atoms with Crippen LogP contribution in [0.5, 0.6) is 0 Å². The molecular weight excluding hydrogens is 420 g/mol. The van der Waals surface area contributed by atoms with Gasteiger partial charge in [-0.05, 0) is 64.7 Å². The zero-order chi connectivity index (χ0) is 20.5. The zero-order valence-electron chi connectivity index (χ0n) is 16.7. The predicted molar refractivity (Wildman–Crippen MR) is 112 cm³/mol. The van der Waals surface area contributed by atoms with E-state index in [2.05, 4.69) is 5.10 Å². The maximum Gasteiger partial charge on any atom is 2.00 e. The van der Waals surface area contributed by atoms with Crippen molar-refractivity contribution in [1.82, 2.24) is 9.78 Å². The van der Waals surface area contributed by atoms with Gasteiger partial charge in [-0.15, -0.1) is 0 Å². The van der Waals surface area contributed by atoms with Crippen LogP contribution in [0.2, 0.25) is 0 Å². The third kappa shape index (κ3) is 6.19. The van der Waals surface area contributed by atoms with Gasteiger partial charge < -0.3 is 9.84 Å². The van der Waals surface area contributed by atoms with E-state index < -0.39 is 5.97 Å². The van der Waals surface area contributed by atoms with Crippen LogP contribution in [0, 0.1) is 63.7 Å². The SMILES string of the molecule is CCOC(=O)c1c([C]2[CH][CH][CH][CH]2)nn(CCO)c1-c1ccccc1.[CH]1[CH][CH][CH][CH]1.[Fe+2]. The number of nitrogens with zero attached hydrogens (tertiary/aromatic N) is 2. The number of aromatic nitrogens is 2. The third-order valence-electron chi connectivity index (χ3n) is 4.28. The van der Waals surface area contributed by atoms with E-state index in [1.165, 1.54) is 0 Å². The van der Waals surface area contributed by atoms with Gasteiger partial charge in [0.2, 0.25) is 0 Å². The third-order valence-corrected chi connectivity index (χ3v) is 4.28. The number of esters is 1. The Hall–Kier alpha value is -1.62. The summed E-state index contributed by atoms with van der Waals surface area (Å²) in [5.41, 5.74) is 2.53. The fourth-order valence-electron chi connectivity index (χ4n) is 3.06. The Balaban J connectivity index is 0.000000468. The minimum Gasteiger partial charge on any atom is -0.462 e. The molecule has 0 bridgehead atoms. The summed E-state index contributed by atoms with van der Waals surface area (Å²) in [6, 6.07) is 9.56. The molecule has 4 rings (SSSR count). The van der Waals surface area contributed by atoms with Crippen LogP contribution in [-0.2, 0) is 28.4 Å². The molecule has 5 nitrogen and oxygen atoms in total. The molecule has 0 aliphatic heterocycles. The van der Waals surface area contributed by atoms with Gasteiger partial charge >= 0.3 is 23.0 Å². The van der Waals surface area contributed by atoms with Gasteiger partial charge in [-0.1, -0.05) is 30.3 Å². The van der Waals surface area contributed by atoms with Crippen LogP contribution in [0.25, 0.3) is 11.3 Å². The second-order valence-corrected chi connectivity index (χ2v) is 6.24. The molecule has 1 aromatic carbocycles. The van der Waals surface area contributed by atoms with Crippen LogP contribution in [0.3, 0.4) is 0 Å². The van der Waals surface area contributed by atoms with Gasteiger partial charge in [0.15, 0.2) is 0 Å². The number of benzene rings is 1. The quantitative estimate of drug-likeness (QED) is 0.548. The minimum atomic E-state index is -0.406. The largest absolute Gasteiger partial charge is 2.00 e. The van der Waals surface area contributed by atoms with E-state index in [1.807, 2.05) is 88.1 Å². The summed E-state index contributed by atoms with van der Waals surface area (Å²) in [6.07, 6.45) is 17.6. The first-order valence-electron chi connectivity index (χ1n) is 9.59. The molecule has 2 aromatic rings. The Kier molecular flexibility index (Phi) is 10.6. The van der Waals surface area contributed by atoms with Gasteiger partial charge in [0.25, 0.3) is 0 Å². The van der Waals surface area contributed by atoms with Crippen molar-refractivity contribution in [2.45, 2.75) is 13.5 Å². The Morgan fingerprint density at radius 1 is 1.00 bits per heavy atom. The van der Waals surface area contributed by atoms with Crippen LogP contribution >= 0.6 is 0 Å². The van der Waals surface area contributed by atoms with E-state index in [0.29, 0.717) is 30.1 Å². The normalized spacial score (nSPS) is 15.9. The molecule has 1 aromatic heterocycles. The van der Waals surface area contributed by atoms with Crippen molar-refractivity contribution in [3.63, 3.8) is 0 Å². The van der Waals surface area contributed by atoms with E-state index in [4.69, 9.17) is 4.74 Å². The summed E-state index contributed by atoms with van der Waals surface area (Å²) in [5.74, 6) is 0.448. The second kappa shape index (κ2) is 12.9. The number of ether oxygens (including phenoxy) is 1. The smallest absolute Gasteiger partial charge is 0.462 e.